The van der Waals surface area contributed by atoms with Crippen molar-refractivity contribution in [1.29, 1.82) is 0 Å². The van der Waals surface area contributed by atoms with Crippen LogP contribution >= 0.6 is 15.9 Å². The van der Waals surface area contributed by atoms with E-state index < -0.39 is 10.0 Å². The molecule has 0 fully saturated rings. The van der Waals surface area contributed by atoms with Gasteiger partial charge in [-0.05, 0) is 58.4 Å². The molecule has 0 saturated heterocycles. The molecule has 0 amide bonds. The molecule has 8 nitrogen and oxygen atoms in total. The molecule has 0 aliphatic carbocycles. The quantitative estimate of drug-likeness (QED) is 0.441. The van der Waals surface area contributed by atoms with Crippen molar-refractivity contribution in [2.24, 2.45) is 0 Å². The zero-order chi connectivity index (χ0) is 20.3. The number of nitrogens with one attached hydrogen (secondary N) is 2. The van der Waals surface area contributed by atoms with Crippen LogP contribution in [0.4, 0.5) is 17.2 Å². The lowest BCUT2D eigenvalue weighted by Crippen LogP contribution is -2.13. The minimum absolute atomic E-state index is 0.175. The van der Waals surface area contributed by atoms with Gasteiger partial charge in [0.05, 0.1) is 0 Å². The Morgan fingerprint density at radius 2 is 1.69 bits per heavy atom. The van der Waals surface area contributed by atoms with E-state index in [-0.39, 0.29) is 4.90 Å². The third kappa shape index (κ3) is 4.44. The summed E-state index contributed by atoms with van der Waals surface area (Å²) in [6.45, 7) is 0. The number of sulfonamides is 1. The molecule has 0 aliphatic rings. The Hall–Kier alpha value is -3.24. The highest BCUT2D eigenvalue weighted by atomic mass is 79.9. The Kier molecular flexibility index (Phi) is 5.28. The average Bonchev–Trinajstić information content (AvgIpc) is 3.25. The number of halogens is 1. The van der Waals surface area contributed by atoms with Crippen molar-refractivity contribution in [3.8, 4) is 5.82 Å². The summed E-state index contributed by atoms with van der Waals surface area (Å²) in [5.74, 6) is 1.22. The van der Waals surface area contributed by atoms with Gasteiger partial charge in [0.15, 0.2) is 5.82 Å². The molecule has 2 N–H and O–H groups in total. The van der Waals surface area contributed by atoms with Gasteiger partial charge < -0.3 is 5.32 Å². The zero-order valence-electron chi connectivity index (χ0n) is 14.9. The predicted molar refractivity (Wildman–Crippen MR) is 114 cm³/mol. The second kappa shape index (κ2) is 8.02. The highest BCUT2D eigenvalue weighted by Crippen LogP contribution is 2.25. The van der Waals surface area contributed by atoms with Gasteiger partial charge in [-0.25, -0.2) is 23.1 Å². The van der Waals surface area contributed by atoms with Crippen molar-refractivity contribution >= 4 is 43.1 Å². The van der Waals surface area contributed by atoms with E-state index in [9.17, 15) is 8.42 Å². The standard InChI is InChI=1S/C19H15BrN6O2S/c20-16-4-1-2-5-17(16)29(27,28)25-15-8-6-14(7-9-15)24-18-12-19(22-13-21-18)26-11-3-10-23-26/h1-13,25H,(H,21,22,24). The fourth-order valence-electron chi connectivity index (χ4n) is 2.59. The SMILES string of the molecule is O=S(=O)(Nc1ccc(Nc2cc(-n3cccn3)ncn2)cc1)c1ccccc1Br. The Morgan fingerprint density at radius 1 is 0.931 bits per heavy atom. The smallest absolute Gasteiger partial charge is 0.263 e. The molecule has 2 aromatic heterocycles. The van der Waals surface area contributed by atoms with Crippen molar-refractivity contribution in [1.82, 2.24) is 19.7 Å². The first kappa shape index (κ1) is 19.1. The van der Waals surface area contributed by atoms with Gasteiger partial charge in [-0.3, -0.25) is 4.72 Å². The molecule has 146 valence electrons. The van der Waals surface area contributed by atoms with Crippen LogP contribution < -0.4 is 10.0 Å². The largest absolute Gasteiger partial charge is 0.340 e. The predicted octanol–water partition coefficient (Wildman–Crippen LogP) is 3.97. The molecule has 0 unspecified atom stereocenters. The van der Waals surface area contributed by atoms with Crippen LogP contribution in [0.25, 0.3) is 5.82 Å². The van der Waals surface area contributed by atoms with Gasteiger partial charge in [0, 0.05) is 34.3 Å². The van der Waals surface area contributed by atoms with E-state index in [2.05, 4.69) is 41.0 Å². The summed E-state index contributed by atoms with van der Waals surface area (Å²) >= 11 is 3.27. The molecule has 0 atom stereocenters. The van der Waals surface area contributed by atoms with Crippen LogP contribution in [-0.4, -0.2) is 28.2 Å². The van der Waals surface area contributed by atoms with E-state index in [1.807, 2.05) is 6.07 Å². The molecular weight excluding hydrogens is 456 g/mol. The first-order valence-corrected chi connectivity index (χ1v) is 10.8. The van der Waals surface area contributed by atoms with Crippen molar-refractivity contribution < 1.29 is 8.42 Å². The topological polar surface area (TPSA) is 102 Å². The van der Waals surface area contributed by atoms with Crippen LogP contribution in [0.15, 0.2) is 88.8 Å². The van der Waals surface area contributed by atoms with E-state index in [4.69, 9.17) is 0 Å². The lowest BCUT2D eigenvalue weighted by atomic mass is 10.3. The fourth-order valence-corrected chi connectivity index (χ4v) is 4.65. The van der Waals surface area contributed by atoms with E-state index in [1.165, 1.54) is 12.4 Å². The van der Waals surface area contributed by atoms with Crippen LogP contribution in [0.2, 0.25) is 0 Å². The second-order valence-corrected chi connectivity index (χ2v) is 8.46. The van der Waals surface area contributed by atoms with E-state index in [0.29, 0.717) is 21.8 Å². The highest BCUT2D eigenvalue weighted by molar-refractivity contribution is 9.10. The van der Waals surface area contributed by atoms with Crippen LogP contribution in [0.5, 0.6) is 0 Å². The molecule has 29 heavy (non-hydrogen) atoms. The monoisotopic (exact) mass is 470 g/mol. The number of aromatic nitrogens is 4. The fraction of sp³-hybridized carbons (Fsp3) is 0. The first-order valence-electron chi connectivity index (χ1n) is 8.48. The van der Waals surface area contributed by atoms with Gasteiger partial charge in [-0.1, -0.05) is 12.1 Å². The van der Waals surface area contributed by atoms with Gasteiger partial charge in [0.25, 0.3) is 10.0 Å². The molecule has 2 heterocycles. The molecule has 0 saturated carbocycles. The van der Waals surface area contributed by atoms with Crippen molar-refractivity contribution in [3.63, 3.8) is 0 Å². The van der Waals surface area contributed by atoms with Gasteiger partial charge in [-0.2, -0.15) is 5.10 Å². The van der Waals surface area contributed by atoms with Crippen molar-refractivity contribution in [2.45, 2.75) is 4.90 Å². The van der Waals surface area contributed by atoms with E-state index in [1.54, 1.807) is 65.6 Å². The summed E-state index contributed by atoms with van der Waals surface area (Å²) in [6.07, 6.45) is 4.90. The summed E-state index contributed by atoms with van der Waals surface area (Å²) in [5.41, 5.74) is 1.20. The summed E-state index contributed by atoms with van der Waals surface area (Å²) in [6, 6.07) is 17.1. The molecular formula is C19H15BrN6O2S. The molecule has 0 aliphatic heterocycles. The zero-order valence-corrected chi connectivity index (χ0v) is 17.3. The number of anilines is 3. The van der Waals surface area contributed by atoms with Gasteiger partial charge in [-0.15, -0.1) is 0 Å². The lowest BCUT2D eigenvalue weighted by Gasteiger charge is -2.11. The third-order valence-electron chi connectivity index (χ3n) is 3.93. The molecule has 10 heteroatoms. The normalized spacial score (nSPS) is 11.2. The van der Waals surface area contributed by atoms with E-state index >= 15 is 0 Å². The molecule has 4 rings (SSSR count). The molecule has 2 aromatic carbocycles. The van der Waals surface area contributed by atoms with Crippen LogP contribution in [0, 0.1) is 0 Å². The number of hydrogen-bond acceptors (Lipinski definition) is 6. The number of rotatable bonds is 6. The van der Waals surface area contributed by atoms with Gasteiger partial charge >= 0.3 is 0 Å². The summed E-state index contributed by atoms with van der Waals surface area (Å²) in [5, 5.41) is 7.30. The summed E-state index contributed by atoms with van der Waals surface area (Å²) < 4.78 is 29.8. The highest BCUT2D eigenvalue weighted by Gasteiger charge is 2.17. The van der Waals surface area contributed by atoms with Crippen LogP contribution in [0.3, 0.4) is 0 Å². The maximum atomic E-state index is 12.6. The van der Waals surface area contributed by atoms with E-state index in [0.717, 1.165) is 5.69 Å². The first-order chi connectivity index (χ1) is 14.0. The summed E-state index contributed by atoms with van der Waals surface area (Å²) in [4.78, 5) is 8.55. The van der Waals surface area contributed by atoms with Crippen LogP contribution in [0.1, 0.15) is 0 Å². The third-order valence-corrected chi connectivity index (χ3v) is 6.32. The summed E-state index contributed by atoms with van der Waals surface area (Å²) in [7, 11) is -3.69. The van der Waals surface area contributed by atoms with Gasteiger partial charge in [0.2, 0.25) is 0 Å². The number of benzene rings is 2. The Bertz CT molecular complexity index is 1230. The number of nitrogens with zero attached hydrogens (tertiary/aromatic N) is 4. The minimum atomic E-state index is -3.69. The second-order valence-electron chi connectivity index (χ2n) is 5.95. The molecule has 0 spiro atoms. The number of hydrogen-bond donors (Lipinski definition) is 2. The average molecular weight is 471 g/mol. The van der Waals surface area contributed by atoms with Crippen molar-refractivity contribution in [2.75, 3.05) is 10.0 Å². The van der Waals surface area contributed by atoms with Crippen LogP contribution in [-0.2, 0) is 10.0 Å². The van der Waals surface area contributed by atoms with Crippen molar-refractivity contribution in [3.05, 3.63) is 83.9 Å². The Balaban J connectivity index is 1.49. The maximum Gasteiger partial charge on any atom is 0.263 e. The maximum absolute atomic E-state index is 12.6. The Morgan fingerprint density at radius 3 is 2.41 bits per heavy atom. The molecule has 0 bridgehead atoms. The Labute approximate surface area is 175 Å². The lowest BCUT2D eigenvalue weighted by molar-refractivity contribution is 0.601. The minimum Gasteiger partial charge on any atom is -0.340 e. The van der Waals surface area contributed by atoms with Gasteiger partial charge in [0.1, 0.15) is 17.0 Å². The molecule has 0 radical (unpaired) electrons. The molecule has 4 aromatic rings.